The highest BCUT2D eigenvalue weighted by molar-refractivity contribution is 9.11. The van der Waals surface area contributed by atoms with Crippen LogP contribution in [-0.4, -0.2) is 0 Å². The molecule has 0 aliphatic rings. The molecule has 0 fully saturated rings. The second-order valence-electron chi connectivity index (χ2n) is 4.69. The molecule has 4 heteroatoms. The van der Waals surface area contributed by atoms with Gasteiger partial charge in [-0.05, 0) is 44.6 Å². The molecule has 0 amide bonds. The Kier molecular flexibility index (Phi) is 4.09. The molecule has 3 aromatic rings. The fraction of sp³-hybridized carbons (Fsp3) is 0.0588. The number of rotatable bonds is 2. The van der Waals surface area contributed by atoms with Gasteiger partial charge in [0.2, 0.25) is 0 Å². The van der Waals surface area contributed by atoms with Crippen LogP contribution in [0.3, 0.4) is 0 Å². The summed E-state index contributed by atoms with van der Waals surface area (Å²) in [4.78, 5) is -0.229. The van der Waals surface area contributed by atoms with E-state index >= 15 is 0 Å². The van der Waals surface area contributed by atoms with Crippen LogP contribution in [-0.2, 0) is 0 Å². The second kappa shape index (κ2) is 5.85. The molecule has 106 valence electrons. The van der Waals surface area contributed by atoms with E-state index < -0.39 is 0 Å². The molecule has 0 saturated heterocycles. The van der Waals surface area contributed by atoms with E-state index in [9.17, 15) is 8.78 Å². The Balaban J connectivity index is 2.21. The van der Waals surface area contributed by atoms with E-state index in [1.165, 1.54) is 12.1 Å². The van der Waals surface area contributed by atoms with Crippen LogP contribution in [0.2, 0.25) is 0 Å². The van der Waals surface area contributed by atoms with Crippen molar-refractivity contribution in [1.29, 1.82) is 0 Å². The lowest BCUT2D eigenvalue weighted by Gasteiger charge is -2.16. The lowest BCUT2D eigenvalue weighted by atomic mass is 9.98. The van der Waals surface area contributed by atoms with Gasteiger partial charge in [0.15, 0.2) is 0 Å². The predicted octanol–water partition coefficient (Wildman–Crippen LogP) is 6.36. The maximum absolute atomic E-state index is 13.9. The molecule has 3 aromatic carbocycles. The average Bonchev–Trinajstić information content (AvgIpc) is 2.50. The van der Waals surface area contributed by atoms with Gasteiger partial charge in [-0.3, -0.25) is 0 Å². The molecular weight excluding hydrogens is 402 g/mol. The minimum Gasteiger partial charge on any atom is -0.206 e. The lowest BCUT2D eigenvalue weighted by molar-refractivity contribution is 0.618. The zero-order valence-corrected chi connectivity index (χ0v) is 14.0. The molecule has 3 rings (SSSR count). The van der Waals surface area contributed by atoms with Gasteiger partial charge in [-0.1, -0.05) is 58.4 Å². The van der Waals surface area contributed by atoms with Crippen molar-refractivity contribution in [2.45, 2.75) is 4.83 Å². The summed E-state index contributed by atoms with van der Waals surface area (Å²) in [7, 11) is 0. The van der Waals surface area contributed by atoms with Crippen LogP contribution in [0.15, 0.2) is 59.1 Å². The fourth-order valence-corrected chi connectivity index (χ4v) is 3.97. The minimum absolute atomic E-state index is 0.229. The van der Waals surface area contributed by atoms with Gasteiger partial charge >= 0.3 is 0 Å². The van der Waals surface area contributed by atoms with Crippen LogP contribution in [0, 0.1) is 11.6 Å². The molecule has 1 atom stereocenters. The van der Waals surface area contributed by atoms with Crippen molar-refractivity contribution in [3.05, 3.63) is 81.8 Å². The van der Waals surface area contributed by atoms with Gasteiger partial charge < -0.3 is 0 Å². The first-order valence-corrected chi connectivity index (χ1v) is 8.05. The molecule has 0 nitrogen and oxygen atoms in total. The highest BCUT2D eigenvalue weighted by Gasteiger charge is 2.18. The summed E-state index contributed by atoms with van der Waals surface area (Å²) in [5.74, 6) is -0.573. The molecule has 0 bridgehead atoms. The van der Waals surface area contributed by atoms with E-state index in [0.717, 1.165) is 16.5 Å². The van der Waals surface area contributed by atoms with Gasteiger partial charge in [-0.15, -0.1) is 0 Å². The third-order valence-corrected chi connectivity index (χ3v) is 5.26. The van der Waals surface area contributed by atoms with Gasteiger partial charge in [0.05, 0.1) is 9.30 Å². The number of alkyl halides is 1. The molecule has 0 aliphatic heterocycles. The highest BCUT2D eigenvalue weighted by atomic mass is 79.9. The average molecular weight is 412 g/mol. The summed E-state index contributed by atoms with van der Waals surface area (Å²) in [6.07, 6.45) is 0. The molecule has 0 heterocycles. The third kappa shape index (κ3) is 2.62. The summed E-state index contributed by atoms with van der Waals surface area (Å²) < 4.78 is 28.0. The van der Waals surface area contributed by atoms with Crippen LogP contribution >= 0.6 is 31.9 Å². The molecule has 0 N–H and O–H groups in total. The van der Waals surface area contributed by atoms with E-state index in [4.69, 9.17) is 0 Å². The Morgan fingerprint density at radius 3 is 2.19 bits per heavy atom. The summed E-state index contributed by atoms with van der Waals surface area (Å²) >= 11 is 6.88. The number of hydrogen-bond acceptors (Lipinski definition) is 0. The first-order chi connectivity index (χ1) is 10.1. The smallest absolute Gasteiger partial charge is 0.137 e. The van der Waals surface area contributed by atoms with E-state index in [1.807, 2.05) is 18.2 Å². The second-order valence-corrected chi connectivity index (χ2v) is 6.40. The van der Waals surface area contributed by atoms with Gasteiger partial charge in [0.25, 0.3) is 0 Å². The van der Waals surface area contributed by atoms with Crippen LogP contribution < -0.4 is 0 Å². The number of halogens is 4. The monoisotopic (exact) mass is 410 g/mol. The van der Waals surface area contributed by atoms with Crippen molar-refractivity contribution in [2.75, 3.05) is 0 Å². The molecule has 0 saturated carbocycles. The van der Waals surface area contributed by atoms with Crippen LogP contribution in [0.1, 0.15) is 16.0 Å². The largest absolute Gasteiger partial charge is 0.206 e. The molecule has 1 unspecified atom stereocenters. The summed E-state index contributed by atoms with van der Waals surface area (Å²) in [5, 5.41) is 1.38. The SMILES string of the molecule is Fc1cccc(C(Br)c2ccc(F)c3ccccc23)c1Br. The molecule has 0 radical (unpaired) electrons. The topological polar surface area (TPSA) is 0 Å². The van der Waals surface area contributed by atoms with Gasteiger partial charge in [0, 0.05) is 5.39 Å². The zero-order valence-electron chi connectivity index (χ0n) is 10.8. The van der Waals surface area contributed by atoms with E-state index in [2.05, 4.69) is 31.9 Å². The molecular formula is C17H10Br2F2. The standard InChI is InChI=1S/C17H10Br2F2/c18-16(13-6-3-7-15(21)17(13)19)12-8-9-14(20)11-5-2-1-4-10(11)12/h1-9,16H. The van der Waals surface area contributed by atoms with Gasteiger partial charge in [-0.2, -0.15) is 0 Å². The van der Waals surface area contributed by atoms with Crippen LogP contribution in [0.25, 0.3) is 10.8 Å². The van der Waals surface area contributed by atoms with E-state index in [1.54, 1.807) is 24.3 Å². The Labute approximate surface area is 138 Å². The number of hydrogen-bond donors (Lipinski definition) is 0. The van der Waals surface area contributed by atoms with Crippen molar-refractivity contribution in [1.82, 2.24) is 0 Å². The van der Waals surface area contributed by atoms with Crippen molar-refractivity contribution >= 4 is 42.6 Å². The van der Waals surface area contributed by atoms with E-state index in [0.29, 0.717) is 9.86 Å². The van der Waals surface area contributed by atoms with Gasteiger partial charge in [-0.25, -0.2) is 8.78 Å². The first kappa shape index (κ1) is 14.7. The Bertz CT molecular complexity index is 815. The summed E-state index contributed by atoms with van der Waals surface area (Å²) in [5.41, 5.74) is 1.67. The minimum atomic E-state index is -0.316. The fourth-order valence-electron chi connectivity index (χ4n) is 2.39. The molecule has 0 aliphatic carbocycles. The zero-order chi connectivity index (χ0) is 15.0. The Morgan fingerprint density at radius 2 is 1.43 bits per heavy atom. The normalized spacial score (nSPS) is 12.6. The predicted molar refractivity (Wildman–Crippen MR) is 88.8 cm³/mol. The third-order valence-electron chi connectivity index (χ3n) is 3.43. The maximum Gasteiger partial charge on any atom is 0.137 e. The quantitative estimate of drug-likeness (QED) is 0.430. The van der Waals surface area contributed by atoms with Crippen molar-refractivity contribution in [3.63, 3.8) is 0 Å². The lowest BCUT2D eigenvalue weighted by Crippen LogP contribution is -1.98. The Hall–Kier alpha value is -1.26. The van der Waals surface area contributed by atoms with Crippen LogP contribution in [0.5, 0.6) is 0 Å². The number of fused-ring (bicyclic) bond motifs is 1. The summed E-state index contributed by atoms with van der Waals surface area (Å²) in [6, 6.07) is 15.4. The highest BCUT2D eigenvalue weighted by Crippen LogP contribution is 2.39. The summed E-state index contributed by atoms with van der Waals surface area (Å²) in [6.45, 7) is 0. The van der Waals surface area contributed by atoms with Gasteiger partial charge in [0.1, 0.15) is 11.6 Å². The number of benzene rings is 3. The van der Waals surface area contributed by atoms with Crippen molar-refractivity contribution in [2.24, 2.45) is 0 Å². The van der Waals surface area contributed by atoms with Crippen molar-refractivity contribution in [3.8, 4) is 0 Å². The molecule has 21 heavy (non-hydrogen) atoms. The van der Waals surface area contributed by atoms with E-state index in [-0.39, 0.29) is 16.5 Å². The molecule has 0 aromatic heterocycles. The van der Waals surface area contributed by atoms with Crippen LogP contribution in [0.4, 0.5) is 8.78 Å². The Morgan fingerprint density at radius 1 is 0.714 bits per heavy atom. The maximum atomic E-state index is 13.9. The van der Waals surface area contributed by atoms with Crippen molar-refractivity contribution < 1.29 is 8.78 Å². The molecule has 0 spiro atoms. The first-order valence-electron chi connectivity index (χ1n) is 6.34.